The maximum atomic E-state index is 12.4. The van der Waals surface area contributed by atoms with E-state index in [-0.39, 0.29) is 23.2 Å². The molecular weight excluding hydrogens is 371 g/mol. The summed E-state index contributed by atoms with van der Waals surface area (Å²) < 4.78 is 24.7. The molecule has 0 bridgehead atoms. The van der Waals surface area contributed by atoms with Gasteiger partial charge in [0.05, 0.1) is 4.90 Å². The van der Waals surface area contributed by atoms with E-state index in [1.54, 1.807) is 4.90 Å². The number of likely N-dealkylation sites (tertiary alicyclic amines) is 1. The molecule has 0 aliphatic carbocycles. The molecular formula is C16H22Cl2N2O3S. The molecule has 2 aliphatic heterocycles. The van der Waals surface area contributed by atoms with Crippen molar-refractivity contribution >= 4 is 39.8 Å². The Morgan fingerprint density at radius 1 is 1.17 bits per heavy atom. The van der Waals surface area contributed by atoms with Crippen LogP contribution >= 0.6 is 24.0 Å². The van der Waals surface area contributed by atoms with Gasteiger partial charge in [0.2, 0.25) is 5.91 Å². The van der Waals surface area contributed by atoms with E-state index in [9.17, 15) is 13.2 Å². The Morgan fingerprint density at radius 2 is 1.79 bits per heavy atom. The van der Waals surface area contributed by atoms with E-state index in [4.69, 9.17) is 11.6 Å². The van der Waals surface area contributed by atoms with Crippen LogP contribution in [0.5, 0.6) is 0 Å². The summed E-state index contributed by atoms with van der Waals surface area (Å²) in [7, 11) is -3.62. The molecule has 0 saturated carbocycles. The summed E-state index contributed by atoms with van der Waals surface area (Å²) in [6, 6.07) is 5.94. The van der Waals surface area contributed by atoms with Crippen molar-refractivity contribution < 1.29 is 13.2 Å². The van der Waals surface area contributed by atoms with E-state index < -0.39 is 15.6 Å². The highest BCUT2D eigenvalue weighted by Gasteiger charge is 2.38. The van der Waals surface area contributed by atoms with Gasteiger partial charge in [0.15, 0.2) is 9.84 Å². The molecule has 2 saturated heterocycles. The van der Waals surface area contributed by atoms with Gasteiger partial charge in [-0.3, -0.25) is 4.79 Å². The van der Waals surface area contributed by atoms with Gasteiger partial charge in [-0.25, -0.2) is 8.42 Å². The van der Waals surface area contributed by atoms with E-state index in [2.05, 4.69) is 5.32 Å². The summed E-state index contributed by atoms with van der Waals surface area (Å²) in [6.07, 6.45) is 3.05. The smallest absolute Gasteiger partial charge is 0.238 e. The van der Waals surface area contributed by atoms with Crippen LogP contribution in [0.15, 0.2) is 29.2 Å². The highest BCUT2D eigenvalue weighted by atomic mass is 35.5. The number of hydrogen-bond acceptors (Lipinski definition) is 4. The van der Waals surface area contributed by atoms with Gasteiger partial charge in [0.25, 0.3) is 0 Å². The van der Waals surface area contributed by atoms with Crippen molar-refractivity contribution in [3.05, 3.63) is 29.3 Å². The highest BCUT2D eigenvalue weighted by molar-refractivity contribution is 7.92. The molecule has 0 radical (unpaired) electrons. The third-order valence-corrected chi connectivity index (χ3v) is 6.86. The maximum Gasteiger partial charge on any atom is 0.238 e. The molecule has 0 atom stereocenters. The van der Waals surface area contributed by atoms with Crippen molar-refractivity contribution in [1.29, 1.82) is 0 Å². The zero-order valence-corrected chi connectivity index (χ0v) is 15.7. The van der Waals surface area contributed by atoms with Crippen LogP contribution in [-0.2, 0) is 14.6 Å². The fourth-order valence-corrected chi connectivity index (χ4v) is 4.78. The quantitative estimate of drug-likeness (QED) is 0.855. The van der Waals surface area contributed by atoms with E-state index >= 15 is 0 Å². The van der Waals surface area contributed by atoms with Crippen molar-refractivity contribution in [3.63, 3.8) is 0 Å². The molecule has 0 aromatic heterocycles. The van der Waals surface area contributed by atoms with Gasteiger partial charge in [-0.1, -0.05) is 11.6 Å². The molecule has 8 heteroatoms. The van der Waals surface area contributed by atoms with Crippen LogP contribution in [0.1, 0.15) is 19.3 Å². The first kappa shape index (κ1) is 19.5. The van der Waals surface area contributed by atoms with Gasteiger partial charge < -0.3 is 10.2 Å². The van der Waals surface area contributed by atoms with Crippen LogP contribution in [0.4, 0.5) is 0 Å². The van der Waals surface area contributed by atoms with Crippen LogP contribution < -0.4 is 5.32 Å². The molecule has 1 aromatic carbocycles. The van der Waals surface area contributed by atoms with E-state index in [1.807, 2.05) is 0 Å². The van der Waals surface area contributed by atoms with E-state index in [1.165, 1.54) is 24.3 Å². The molecule has 134 valence electrons. The second-order valence-corrected chi connectivity index (χ2v) is 8.95. The molecule has 24 heavy (non-hydrogen) atoms. The molecule has 5 nitrogen and oxygen atoms in total. The predicted octanol–water partition coefficient (Wildman–Crippen LogP) is 2.14. The van der Waals surface area contributed by atoms with Gasteiger partial charge >= 0.3 is 0 Å². The molecule has 1 amide bonds. The van der Waals surface area contributed by atoms with Gasteiger partial charge in [0.1, 0.15) is 5.75 Å². The largest absolute Gasteiger partial charge is 0.342 e. The molecule has 1 spiro atoms. The summed E-state index contributed by atoms with van der Waals surface area (Å²) in [6.45, 7) is 3.35. The minimum absolute atomic E-state index is 0. The zero-order chi connectivity index (χ0) is 16.5. The first-order chi connectivity index (χ1) is 10.9. The number of benzene rings is 1. The molecule has 2 heterocycles. The lowest BCUT2D eigenvalue weighted by atomic mass is 9.78. The molecule has 2 aliphatic rings. The average molecular weight is 393 g/mol. The number of hydrogen-bond donors (Lipinski definition) is 1. The minimum atomic E-state index is -3.62. The summed E-state index contributed by atoms with van der Waals surface area (Å²) in [5.41, 5.74) is 0.311. The first-order valence-corrected chi connectivity index (χ1v) is 9.90. The minimum Gasteiger partial charge on any atom is -0.342 e. The van der Waals surface area contributed by atoms with Crippen molar-refractivity contribution in [2.24, 2.45) is 5.41 Å². The Bertz CT molecular complexity index is 676. The normalized spacial score (nSPS) is 20.0. The zero-order valence-electron chi connectivity index (χ0n) is 13.3. The van der Waals surface area contributed by atoms with Crippen LogP contribution in [-0.4, -0.2) is 51.2 Å². The average Bonchev–Trinajstić information content (AvgIpc) is 2.96. The van der Waals surface area contributed by atoms with Crippen molar-refractivity contribution in [3.8, 4) is 0 Å². The van der Waals surface area contributed by atoms with Crippen molar-refractivity contribution in [1.82, 2.24) is 10.2 Å². The summed E-state index contributed by atoms with van der Waals surface area (Å²) in [4.78, 5) is 14.2. The maximum absolute atomic E-state index is 12.4. The Labute approximate surface area is 154 Å². The number of sulfone groups is 1. The topological polar surface area (TPSA) is 66.5 Å². The first-order valence-electron chi connectivity index (χ1n) is 7.87. The summed E-state index contributed by atoms with van der Waals surface area (Å²) >= 11 is 5.77. The van der Waals surface area contributed by atoms with Gasteiger partial charge in [-0.2, -0.15) is 0 Å². The fraction of sp³-hybridized carbons (Fsp3) is 0.562. The Balaban J connectivity index is 0.00000208. The second kappa shape index (κ2) is 7.60. The summed E-state index contributed by atoms with van der Waals surface area (Å²) in [5, 5.41) is 3.85. The Hall–Kier alpha value is -0.820. The number of amides is 1. The van der Waals surface area contributed by atoms with Crippen molar-refractivity contribution in [2.75, 3.05) is 31.9 Å². The SMILES string of the molecule is Cl.O=C(CS(=O)(=O)c1ccc(Cl)cc1)N1CCC2(CCNC2)CC1. The predicted molar refractivity (Wildman–Crippen MR) is 96.5 cm³/mol. The number of carbonyl (C=O) groups excluding carboxylic acids is 1. The summed E-state index contributed by atoms with van der Waals surface area (Å²) in [5.74, 6) is -0.777. The van der Waals surface area contributed by atoms with E-state index in [0.29, 0.717) is 23.5 Å². The highest BCUT2D eigenvalue weighted by Crippen LogP contribution is 2.36. The lowest BCUT2D eigenvalue weighted by molar-refractivity contribution is -0.130. The number of piperidine rings is 1. The van der Waals surface area contributed by atoms with Crippen LogP contribution in [0.25, 0.3) is 0 Å². The van der Waals surface area contributed by atoms with Crippen molar-refractivity contribution in [2.45, 2.75) is 24.2 Å². The van der Waals surface area contributed by atoms with Crippen LogP contribution in [0.2, 0.25) is 5.02 Å². The third-order valence-electron chi connectivity index (χ3n) is 5.00. The number of rotatable bonds is 3. The molecule has 1 N–H and O–H groups in total. The number of carbonyl (C=O) groups is 1. The molecule has 0 unspecified atom stereocenters. The molecule has 2 fully saturated rings. The molecule has 1 aromatic rings. The fourth-order valence-electron chi connectivity index (χ4n) is 3.43. The number of nitrogens with zero attached hydrogens (tertiary/aromatic N) is 1. The number of nitrogens with one attached hydrogen (secondary N) is 1. The van der Waals surface area contributed by atoms with Gasteiger partial charge in [-0.05, 0) is 55.5 Å². The molecule has 3 rings (SSSR count). The lowest BCUT2D eigenvalue weighted by Gasteiger charge is -2.38. The van der Waals surface area contributed by atoms with Crippen LogP contribution in [0, 0.1) is 5.41 Å². The second-order valence-electron chi connectivity index (χ2n) is 6.52. The third kappa shape index (κ3) is 4.23. The standard InChI is InChI=1S/C16H21ClN2O3S.ClH/c17-13-1-3-14(4-2-13)23(21,22)11-15(20)19-9-6-16(7-10-19)5-8-18-12-16;/h1-4,18H,5-12H2;1H. The van der Waals surface area contributed by atoms with E-state index in [0.717, 1.165) is 32.4 Å². The van der Waals surface area contributed by atoms with Gasteiger partial charge in [-0.15, -0.1) is 12.4 Å². The van der Waals surface area contributed by atoms with Crippen LogP contribution in [0.3, 0.4) is 0 Å². The lowest BCUT2D eigenvalue weighted by Crippen LogP contribution is -2.45. The Morgan fingerprint density at radius 3 is 2.33 bits per heavy atom. The van der Waals surface area contributed by atoms with Gasteiger partial charge in [0, 0.05) is 24.7 Å². The monoisotopic (exact) mass is 392 g/mol. The number of halogens is 2. The Kier molecular flexibility index (Phi) is 6.18.